The molecule has 1 N–H and O–H groups in total. The van der Waals surface area contributed by atoms with Crippen LogP contribution in [0.2, 0.25) is 0 Å². The standard InChI is InChI=1S/C27H32N4O2/c1-27(2,3)33-26(32)31-15-13-21-8-7-19(16-24(21)31)17-28-22-11-9-20(10-12-22)23-18-30-14-5-4-6-25(30)29-23/h7-12,16,18,28H,4-6,13-15,17H2,1-3H3. The Balaban J connectivity index is 1.24. The van der Waals surface area contributed by atoms with Gasteiger partial charge in [-0.2, -0.15) is 0 Å². The number of ether oxygens (including phenoxy) is 1. The van der Waals surface area contributed by atoms with E-state index in [1.807, 2.05) is 20.8 Å². The van der Waals surface area contributed by atoms with Gasteiger partial charge in [0.2, 0.25) is 0 Å². The van der Waals surface area contributed by atoms with Crippen LogP contribution in [0.5, 0.6) is 0 Å². The Morgan fingerprint density at radius 3 is 2.64 bits per heavy atom. The van der Waals surface area contributed by atoms with Crippen molar-refractivity contribution >= 4 is 17.5 Å². The average molecular weight is 445 g/mol. The van der Waals surface area contributed by atoms with Crippen LogP contribution < -0.4 is 10.2 Å². The lowest BCUT2D eigenvalue weighted by molar-refractivity contribution is 0.0584. The van der Waals surface area contributed by atoms with E-state index in [0.29, 0.717) is 13.1 Å². The monoisotopic (exact) mass is 444 g/mol. The molecule has 2 aliphatic heterocycles. The maximum absolute atomic E-state index is 12.6. The third-order valence-electron chi connectivity index (χ3n) is 6.25. The summed E-state index contributed by atoms with van der Waals surface area (Å²) in [5.41, 5.74) is 6.05. The van der Waals surface area contributed by atoms with Crippen LogP contribution in [-0.2, 0) is 30.7 Å². The van der Waals surface area contributed by atoms with Gasteiger partial charge in [-0.25, -0.2) is 9.78 Å². The van der Waals surface area contributed by atoms with Gasteiger partial charge in [0.1, 0.15) is 11.4 Å². The number of amides is 1. The van der Waals surface area contributed by atoms with Crippen LogP contribution in [0.3, 0.4) is 0 Å². The number of rotatable bonds is 4. The van der Waals surface area contributed by atoms with E-state index in [4.69, 9.17) is 9.72 Å². The summed E-state index contributed by atoms with van der Waals surface area (Å²) in [6.45, 7) is 8.12. The smallest absolute Gasteiger partial charge is 0.414 e. The molecule has 0 aliphatic carbocycles. The second-order valence-electron chi connectivity index (χ2n) is 9.97. The minimum atomic E-state index is -0.499. The molecule has 0 atom stereocenters. The van der Waals surface area contributed by atoms with Crippen molar-refractivity contribution in [2.24, 2.45) is 0 Å². The molecule has 1 amide bonds. The zero-order valence-corrected chi connectivity index (χ0v) is 19.7. The molecular formula is C27H32N4O2. The van der Waals surface area contributed by atoms with Crippen LogP contribution >= 0.6 is 0 Å². The number of aromatic nitrogens is 2. The highest BCUT2D eigenvalue weighted by molar-refractivity contribution is 5.90. The molecule has 33 heavy (non-hydrogen) atoms. The van der Waals surface area contributed by atoms with Gasteiger partial charge in [-0.3, -0.25) is 4.90 Å². The summed E-state index contributed by atoms with van der Waals surface area (Å²) in [6.07, 6.45) is 6.31. The third kappa shape index (κ3) is 4.75. The van der Waals surface area contributed by atoms with Crippen molar-refractivity contribution in [2.45, 2.75) is 65.1 Å². The van der Waals surface area contributed by atoms with Gasteiger partial charge in [-0.15, -0.1) is 0 Å². The number of hydrogen-bond acceptors (Lipinski definition) is 4. The lowest BCUT2D eigenvalue weighted by Crippen LogP contribution is -2.35. The molecule has 1 aromatic heterocycles. The van der Waals surface area contributed by atoms with Crippen molar-refractivity contribution in [1.29, 1.82) is 0 Å². The van der Waals surface area contributed by atoms with Gasteiger partial charge in [0, 0.05) is 43.5 Å². The van der Waals surface area contributed by atoms with Crippen LogP contribution in [0, 0.1) is 0 Å². The fraction of sp³-hybridized carbons (Fsp3) is 0.407. The topological polar surface area (TPSA) is 59.4 Å². The molecule has 2 aliphatic rings. The number of nitrogens with one attached hydrogen (secondary N) is 1. The van der Waals surface area contributed by atoms with E-state index >= 15 is 0 Å². The molecular weight excluding hydrogens is 412 g/mol. The Kier molecular flexibility index (Phi) is 5.60. The lowest BCUT2D eigenvalue weighted by Gasteiger charge is -2.25. The first-order valence-corrected chi connectivity index (χ1v) is 11.9. The third-order valence-corrected chi connectivity index (χ3v) is 6.25. The van der Waals surface area contributed by atoms with Gasteiger partial charge in [0.05, 0.1) is 11.4 Å². The predicted molar refractivity (Wildman–Crippen MR) is 132 cm³/mol. The van der Waals surface area contributed by atoms with Crippen LogP contribution in [-0.4, -0.2) is 27.8 Å². The summed E-state index contributed by atoms with van der Waals surface area (Å²) < 4.78 is 7.88. The number of hydrogen-bond donors (Lipinski definition) is 1. The Hall–Kier alpha value is -3.28. The van der Waals surface area contributed by atoms with Gasteiger partial charge >= 0.3 is 6.09 Å². The Bertz CT molecular complexity index is 1130. The van der Waals surface area contributed by atoms with E-state index < -0.39 is 5.60 Å². The molecule has 6 nitrogen and oxygen atoms in total. The molecule has 0 saturated carbocycles. The van der Waals surface area contributed by atoms with E-state index in [0.717, 1.165) is 47.6 Å². The SMILES string of the molecule is CC(C)(C)OC(=O)N1CCc2ccc(CNc3ccc(-c4cn5c(n4)CCCC5)cc3)cc21. The molecule has 3 aromatic rings. The number of anilines is 2. The fourth-order valence-corrected chi connectivity index (χ4v) is 4.56. The quantitative estimate of drug-likeness (QED) is 0.553. The molecule has 0 bridgehead atoms. The second-order valence-corrected chi connectivity index (χ2v) is 9.97. The lowest BCUT2D eigenvalue weighted by atomic mass is 10.1. The summed E-state index contributed by atoms with van der Waals surface area (Å²) in [5, 5.41) is 3.50. The normalized spacial score (nSPS) is 15.2. The number of fused-ring (bicyclic) bond motifs is 2. The molecule has 3 heterocycles. The Morgan fingerprint density at radius 1 is 1.06 bits per heavy atom. The van der Waals surface area contributed by atoms with Crippen molar-refractivity contribution in [3.63, 3.8) is 0 Å². The summed E-state index contributed by atoms with van der Waals surface area (Å²) in [4.78, 5) is 19.2. The minimum Gasteiger partial charge on any atom is -0.443 e. The highest BCUT2D eigenvalue weighted by atomic mass is 16.6. The van der Waals surface area contributed by atoms with Gasteiger partial charge in [0.15, 0.2) is 0 Å². The summed E-state index contributed by atoms with van der Waals surface area (Å²) >= 11 is 0. The first-order valence-electron chi connectivity index (χ1n) is 11.9. The minimum absolute atomic E-state index is 0.275. The first-order chi connectivity index (χ1) is 15.9. The van der Waals surface area contributed by atoms with Gasteiger partial charge < -0.3 is 14.6 Å². The van der Waals surface area contributed by atoms with Crippen LogP contribution in [0.25, 0.3) is 11.3 Å². The predicted octanol–water partition coefficient (Wildman–Crippen LogP) is 5.80. The largest absolute Gasteiger partial charge is 0.443 e. The zero-order valence-electron chi connectivity index (χ0n) is 19.7. The zero-order chi connectivity index (χ0) is 23.0. The average Bonchev–Trinajstić information content (AvgIpc) is 3.41. The summed E-state index contributed by atoms with van der Waals surface area (Å²) in [5.74, 6) is 1.20. The van der Waals surface area contributed by atoms with Gasteiger partial charge in [-0.1, -0.05) is 24.3 Å². The molecule has 0 saturated heterocycles. The number of carbonyl (C=O) groups excluding carboxylic acids is 1. The highest BCUT2D eigenvalue weighted by Crippen LogP contribution is 2.31. The molecule has 0 spiro atoms. The first kappa shape index (κ1) is 21.6. The molecule has 0 radical (unpaired) electrons. The van der Waals surface area contributed by atoms with Crippen LogP contribution in [0.4, 0.5) is 16.2 Å². The number of imidazole rings is 1. The number of carbonyl (C=O) groups is 1. The number of benzene rings is 2. The number of nitrogens with zero attached hydrogens (tertiary/aromatic N) is 3. The molecule has 0 unspecified atom stereocenters. The van der Waals surface area contributed by atoms with Gasteiger partial charge in [0.25, 0.3) is 0 Å². The van der Waals surface area contributed by atoms with E-state index in [9.17, 15) is 4.79 Å². The van der Waals surface area contributed by atoms with Crippen molar-refractivity contribution in [2.75, 3.05) is 16.8 Å². The molecule has 5 rings (SSSR count). The second kappa shape index (κ2) is 8.58. The van der Waals surface area contributed by atoms with E-state index in [-0.39, 0.29) is 6.09 Å². The van der Waals surface area contributed by atoms with Crippen molar-refractivity contribution < 1.29 is 9.53 Å². The molecule has 172 valence electrons. The summed E-state index contributed by atoms with van der Waals surface area (Å²) in [7, 11) is 0. The van der Waals surface area contributed by atoms with E-state index in [1.165, 1.54) is 24.2 Å². The number of aryl methyl sites for hydroxylation is 2. The summed E-state index contributed by atoms with van der Waals surface area (Å²) in [6, 6.07) is 14.8. The molecule has 6 heteroatoms. The highest BCUT2D eigenvalue weighted by Gasteiger charge is 2.29. The van der Waals surface area contributed by atoms with Crippen LogP contribution in [0.15, 0.2) is 48.7 Å². The van der Waals surface area contributed by atoms with Crippen molar-refractivity contribution in [3.05, 3.63) is 65.6 Å². The maximum atomic E-state index is 12.6. The van der Waals surface area contributed by atoms with Gasteiger partial charge in [-0.05, 0) is 69.4 Å². The Morgan fingerprint density at radius 2 is 1.88 bits per heavy atom. The van der Waals surface area contributed by atoms with E-state index in [2.05, 4.69) is 58.5 Å². The Labute approximate surface area is 195 Å². The maximum Gasteiger partial charge on any atom is 0.414 e. The molecule has 2 aromatic carbocycles. The molecule has 0 fully saturated rings. The van der Waals surface area contributed by atoms with E-state index in [1.54, 1.807) is 4.90 Å². The van der Waals surface area contributed by atoms with Crippen molar-refractivity contribution in [3.8, 4) is 11.3 Å². The fourth-order valence-electron chi connectivity index (χ4n) is 4.56. The van der Waals surface area contributed by atoms with Crippen molar-refractivity contribution in [1.82, 2.24) is 9.55 Å². The van der Waals surface area contributed by atoms with Crippen LogP contribution in [0.1, 0.15) is 50.6 Å².